The third kappa shape index (κ3) is 4.27. The molecule has 5 heteroatoms. The third-order valence-electron chi connectivity index (χ3n) is 3.07. The number of nitriles is 1. The normalized spacial score (nSPS) is 10.1. The molecule has 0 aliphatic rings. The maximum atomic E-state index is 12.1. The molecule has 0 saturated heterocycles. The Hall–Kier alpha value is -1.96. The van der Waals surface area contributed by atoms with Crippen LogP contribution in [0.15, 0.2) is 41.3 Å². The highest BCUT2D eigenvalue weighted by atomic mass is 35.5. The van der Waals surface area contributed by atoms with E-state index < -0.39 is 0 Å². The highest BCUT2D eigenvalue weighted by Crippen LogP contribution is 2.24. The van der Waals surface area contributed by atoms with Gasteiger partial charge in [-0.15, -0.1) is 11.8 Å². The van der Waals surface area contributed by atoms with Gasteiger partial charge < -0.3 is 5.32 Å². The molecule has 0 aromatic heterocycles. The van der Waals surface area contributed by atoms with E-state index in [2.05, 4.69) is 11.4 Å². The van der Waals surface area contributed by atoms with Gasteiger partial charge in [0.2, 0.25) is 5.91 Å². The minimum Gasteiger partial charge on any atom is -0.324 e. The number of nitrogens with zero attached hydrogens (tertiary/aromatic N) is 1. The Morgan fingerprint density at radius 2 is 2.05 bits per heavy atom. The lowest BCUT2D eigenvalue weighted by Crippen LogP contribution is -2.15. The molecule has 1 amide bonds. The second-order valence-electron chi connectivity index (χ2n) is 4.91. The van der Waals surface area contributed by atoms with E-state index in [1.807, 2.05) is 32.0 Å². The fraction of sp³-hybridized carbons (Fsp3) is 0.176. The van der Waals surface area contributed by atoms with Gasteiger partial charge in [-0.1, -0.05) is 29.3 Å². The molecule has 3 nitrogen and oxygen atoms in total. The molecule has 112 valence electrons. The van der Waals surface area contributed by atoms with Gasteiger partial charge in [0.1, 0.15) is 6.07 Å². The number of carbonyl (C=O) groups is 1. The van der Waals surface area contributed by atoms with E-state index in [0.717, 1.165) is 10.5 Å². The Kier molecular flexibility index (Phi) is 5.48. The lowest BCUT2D eigenvalue weighted by Gasteiger charge is -2.09. The van der Waals surface area contributed by atoms with Gasteiger partial charge in [0.15, 0.2) is 0 Å². The number of hydrogen-bond donors (Lipinski definition) is 1. The van der Waals surface area contributed by atoms with E-state index in [9.17, 15) is 4.79 Å². The molecule has 2 aromatic carbocycles. The van der Waals surface area contributed by atoms with Crippen molar-refractivity contribution in [2.45, 2.75) is 18.7 Å². The fourth-order valence-corrected chi connectivity index (χ4v) is 2.99. The summed E-state index contributed by atoms with van der Waals surface area (Å²) in [7, 11) is 0. The molecule has 0 radical (unpaired) electrons. The monoisotopic (exact) mass is 330 g/mol. The first-order valence-corrected chi connectivity index (χ1v) is 8.05. The molecule has 0 fully saturated rings. The number of anilines is 1. The van der Waals surface area contributed by atoms with Crippen LogP contribution in [-0.4, -0.2) is 11.7 Å². The summed E-state index contributed by atoms with van der Waals surface area (Å²) in [6.07, 6.45) is 0. The standard InChI is InChI=1S/C17H15ClN2OS/c1-11-3-6-16(12(2)7-11)22-10-17(21)20-15-8-14(18)5-4-13(15)9-19/h3-8H,10H2,1-2H3,(H,20,21). The van der Waals surface area contributed by atoms with E-state index in [1.165, 1.54) is 17.3 Å². The molecule has 0 saturated carbocycles. The largest absolute Gasteiger partial charge is 0.324 e. The molecular weight excluding hydrogens is 316 g/mol. The summed E-state index contributed by atoms with van der Waals surface area (Å²) in [5.74, 6) is 0.116. The number of nitrogens with one attached hydrogen (secondary N) is 1. The number of benzene rings is 2. The molecule has 2 rings (SSSR count). The highest BCUT2D eigenvalue weighted by molar-refractivity contribution is 8.00. The van der Waals surface area contributed by atoms with E-state index in [4.69, 9.17) is 16.9 Å². The van der Waals surface area contributed by atoms with E-state index in [0.29, 0.717) is 16.3 Å². The minimum absolute atomic E-state index is 0.163. The topological polar surface area (TPSA) is 52.9 Å². The minimum atomic E-state index is -0.163. The van der Waals surface area contributed by atoms with E-state index >= 15 is 0 Å². The average Bonchev–Trinajstić information content (AvgIpc) is 2.46. The van der Waals surface area contributed by atoms with Crippen molar-refractivity contribution in [2.24, 2.45) is 0 Å². The molecule has 0 aliphatic carbocycles. The number of amides is 1. The zero-order valence-corrected chi connectivity index (χ0v) is 13.9. The Morgan fingerprint density at radius 3 is 2.73 bits per heavy atom. The molecule has 22 heavy (non-hydrogen) atoms. The smallest absolute Gasteiger partial charge is 0.234 e. The maximum Gasteiger partial charge on any atom is 0.234 e. The second kappa shape index (κ2) is 7.35. The Bertz CT molecular complexity index is 753. The molecular formula is C17H15ClN2OS. The maximum absolute atomic E-state index is 12.1. The van der Waals surface area contributed by atoms with E-state index in [1.54, 1.807) is 18.2 Å². The van der Waals surface area contributed by atoms with Crippen LogP contribution in [0.3, 0.4) is 0 Å². The van der Waals surface area contributed by atoms with Gasteiger partial charge in [0.25, 0.3) is 0 Å². The number of aryl methyl sites for hydroxylation is 2. The van der Waals surface area contributed by atoms with Gasteiger partial charge in [-0.05, 0) is 43.7 Å². The number of hydrogen-bond acceptors (Lipinski definition) is 3. The summed E-state index contributed by atoms with van der Waals surface area (Å²) < 4.78 is 0. The predicted octanol–water partition coefficient (Wildman–Crippen LogP) is 4.56. The molecule has 0 spiro atoms. The van der Waals surface area contributed by atoms with Gasteiger partial charge in [0.05, 0.1) is 17.0 Å². The Balaban J connectivity index is 2.02. The van der Waals surface area contributed by atoms with Crippen LogP contribution in [0, 0.1) is 25.2 Å². The number of rotatable bonds is 4. The van der Waals surface area contributed by atoms with Crippen LogP contribution in [0.25, 0.3) is 0 Å². The Morgan fingerprint density at radius 1 is 1.27 bits per heavy atom. The summed E-state index contributed by atoms with van der Waals surface area (Å²) in [5, 5.41) is 12.3. The first-order chi connectivity index (χ1) is 10.5. The van der Waals surface area contributed by atoms with Gasteiger partial charge in [-0.3, -0.25) is 4.79 Å². The van der Waals surface area contributed by atoms with Gasteiger partial charge in [0, 0.05) is 9.92 Å². The van der Waals surface area contributed by atoms with E-state index in [-0.39, 0.29) is 11.7 Å². The molecule has 0 atom stereocenters. The van der Waals surface area contributed by atoms with Crippen LogP contribution in [-0.2, 0) is 4.79 Å². The van der Waals surface area contributed by atoms with Crippen LogP contribution in [0.1, 0.15) is 16.7 Å². The summed E-state index contributed by atoms with van der Waals surface area (Å²) in [5.41, 5.74) is 3.19. The predicted molar refractivity (Wildman–Crippen MR) is 91.4 cm³/mol. The van der Waals surface area contributed by atoms with Crippen LogP contribution < -0.4 is 5.32 Å². The summed E-state index contributed by atoms with van der Waals surface area (Å²) in [6, 6.07) is 13.0. The van der Waals surface area contributed by atoms with Crippen molar-refractivity contribution >= 4 is 35.0 Å². The van der Waals surface area contributed by atoms with Crippen molar-refractivity contribution < 1.29 is 4.79 Å². The number of halogens is 1. The quantitative estimate of drug-likeness (QED) is 0.836. The van der Waals surface area contributed by atoms with Gasteiger partial charge in [-0.2, -0.15) is 5.26 Å². The summed E-state index contributed by atoms with van der Waals surface area (Å²) in [4.78, 5) is 13.1. The SMILES string of the molecule is Cc1ccc(SCC(=O)Nc2cc(Cl)ccc2C#N)c(C)c1. The highest BCUT2D eigenvalue weighted by Gasteiger charge is 2.09. The van der Waals surface area contributed by atoms with Crippen molar-refractivity contribution in [3.8, 4) is 6.07 Å². The fourth-order valence-electron chi connectivity index (χ4n) is 2.01. The molecule has 1 N–H and O–H groups in total. The van der Waals surface area contributed by atoms with Crippen molar-refractivity contribution in [3.05, 3.63) is 58.1 Å². The van der Waals surface area contributed by atoms with Gasteiger partial charge in [-0.25, -0.2) is 0 Å². The number of thioether (sulfide) groups is 1. The first kappa shape index (κ1) is 16.4. The average molecular weight is 331 g/mol. The third-order valence-corrected chi connectivity index (χ3v) is 4.48. The van der Waals surface area contributed by atoms with Crippen molar-refractivity contribution in [1.29, 1.82) is 5.26 Å². The van der Waals surface area contributed by atoms with Crippen molar-refractivity contribution in [1.82, 2.24) is 0 Å². The summed E-state index contributed by atoms with van der Waals surface area (Å²) in [6.45, 7) is 4.06. The summed E-state index contributed by atoms with van der Waals surface area (Å²) >= 11 is 7.37. The lowest BCUT2D eigenvalue weighted by atomic mass is 10.2. The van der Waals surface area contributed by atoms with Crippen molar-refractivity contribution in [3.63, 3.8) is 0 Å². The molecule has 0 heterocycles. The zero-order valence-electron chi connectivity index (χ0n) is 12.3. The Labute approximate surface area is 139 Å². The van der Waals surface area contributed by atoms with Crippen LogP contribution in [0.2, 0.25) is 5.02 Å². The lowest BCUT2D eigenvalue weighted by molar-refractivity contribution is -0.113. The molecule has 0 aliphatic heterocycles. The van der Waals surface area contributed by atoms with Crippen molar-refractivity contribution in [2.75, 3.05) is 11.1 Å². The molecule has 0 unspecified atom stereocenters. The van der Waals surface area contributed by atoms with Crippen LogP contribution >= 0.6 is 23.4 Å². The van der Waals surface area contributed by atoms with Crippen LogP contribution in [0.4, 0.5) is 5.69 Å². The zero-order chi connectivity index (χ0) is 16.1. The molecule has 2 aromatic rings. The number of carbonyl (C=O) groups excluding carboxylic acids is 1. The first-order valence-electron chi connectivity index (χ1n) is 6.69. The molecule has 0 bridgehead atoms. The van der Waals surface area contributed by atoms with Gasteiger partial charge >= 0.3 is 0 Å². The van der Waals surface area contributed by atoms with Crippen LogP contribution in [0.5, 0.6) is 0 Å². The second-order valence-corrected chi connectivity index (χ2v) is 6.36.